The van der Waals surface area contributed by atoms with E-state index in [2.05, 4.69) is 33.9 Å². The average Bonchev–Trinajstić information content (AvgIpc) is 2.41. The van der Waals surface area contributed by atoms with Crippen molar-refractivity contribution in [3.63, 3.8) is 0 Å². The Hall–Kier alpha value is 0.137. The summed E-state index contributed by atoms with van der Waals surface area (Å²) >= 11 is 0. The van der Waals surface area contributed by atoms with E-state index in [4.69, 9.17) is 10.2 Å². The summed E-state index contributed by atoms with van der Waals surface area (Å²) in [5.41, 5.74) is 5.71. The maximum absolute atomic E-state index is 6.04. The molecule has 1 saturated carbocycles. The molecule has 0 spiro atoms. The summed E-state index contributed by atoms with van der Waals surface area (Å²) in [5, 5.41) is 0.315. The molecule has 2 nitrogen and oxygen atoms in total. The zero-order chi connectivity index (χ0) is 9.57. The summed E-state index contributed by atoms with van der Waals surface area (Å²) in [5.74, 6) is 0. The van der Waals surface area contributed by atoms with Crippen LogP contribution in [0.1, 0.15) is 27.2 Å². The van der Waals surface area contributed by atoms with Gasteiger partial charge in [-0.3, -0.25) is 0 Å². The van der Waals surface area contributed by atoms with E-state index in [0.29, 0.717) is 17.2 Å². The van der Waals surface area contributed by atoms with Gasteiger partial charge in [-0.25, -0.2) is 0 Å². The van der Waals surface area contributed by atoms with Crippen LogP contribution in [0, 0.1) is 0 Å². The fourth-order valence-corrected chi connectivity index (χ4v) is 2.26. The standard InChI is InChI=1S/C9H21NOSi/c1-9(2,3)12(4,5)11-8-6-7(8)10/h7-8H,6,10H2,1-5H3/t7-,8+/m1/s1. The van der Waals surface area contributed by atoms with Crippen LogP contribution < -0.4 is 5.73 Å². The van der Waals surface area contributed by atoms with Crippen LogP contribution in [0.2, 0.25) is 18.1 Å². The second-order valence-electron chi connectivity index (χ2n) is 5.32. The third-order valence-electron chi connectivity index (χ3n) is 3.03. The smallest absolute Gasteiger partial charge is 0.192 e. The summed E-state index contributed by atoms with van der Waals surface area (Å²) in [6.45, 7) is 11.3. The molecule has 1 rings (SSSR count). The predicted molar refractivity (Wildman–Crippen MR) is 54.7 cm³/mol. The van der Waals surface area contributed by atoms with Crippen LogP contribution in [0.25, 0.3) is 0 Å². The molecule has 0 radical (unpaired) electrons. The lowest BCUT2D eigenvalue weighted by Gasteiger charge is -2.36. The molecule has 3 heteroatoms. The van der Waals surface area contributed by atoms with E-state index >= 15 is 0 Å². The first-order valence-electron chi connectivity index (χ1n) is 4.67. The van der Waals surface area contributed by atoms with Crippen LogP contribution in [0.15, 0.2) is 0 Å². The largest absolute Gasteiger partial charge is 0.412 e. The van der Waals surface area contributed by atoms with Gasteiger partial charge in [-0.1, -0.05) is 20.8 Å². The molecule has 0 unspecified atom stereocenters. The van der Waals surface area contributed by atoms with Crippen LogP contribution in [0.3, 0.4) is 0 Å². The number of nitrogens with two attached hydrogens (primary N) is 1. The molecule has 1 aliphatic rings. The zero-order valence-corrected chi connectivity index (χ0v) is 9.85. The molecule has 72 valence electrons. The fourth-order valence-electron chi connectivity index (χ4n) is 0.880. The van der Waals surface area contributed by atoms with Gasteiger partial charge in [0.2, 0.25) is 0 Å². The fraction of sp³-hybridized carbons (Fsp3) is 1.00. The molecule has 12 heavy (non-hydrogen) atoms. The van der Waals surface area contributed by atoms with Crippen molar-refractivity contribution in [3.8, 4) is 0 Å². The lowest BCUT2D eigenvalue weighted by Crippen LogP contribution is -2.42. The van der Waals surface area contributed by atoms with Crippen LogP contribution >= 0.6 is 0 Å². The third-order valence-corrected chi connectivity index (χ3v) is 7.54. The molecule has 1 fully saturated rings. The van der Waals surface area contributed by atoms with E-state index in [9.17, 15) is 0 Å². The van der Waals surface area contributed by atoms with E-state index in [1.54, 1.807) is 0 Å². The van der Waals surface area contributed by atoms with E-state index in [0.717, 1.165) is 6.42 Å². The van der Waals surface area contributed by atoms with Crippen molar-refractivity contribution in [1.82, 2.24) is 0 Å². The van der Waals surface area contributed by atoms with Gasteiger partial charge in [-0.15, -0.1) is 0 Å². The highest BCUT2D eigenvalue weighted by Crippen LogP contribution is 2.40. The molecule has 0 aliphatic heterocycles. The molecule has 0 aromatic carbocycles. The van der Waals surface area contributed by atoms with E-state index < -0.39 is 8.32 Å². The minimum Gasteiger partial charge on any atom is -0.412 e. The Balaban J connectivity index is 2.48. The van der Waals surface area contributed by atoms with Crippen LogP contribution in [-0.2, 0) is 4.43 Å². The van der Waals surface area contributed by atoms with Crippen LogP contribution in [0.5, 0.6) is 0 Å². The van der Waals surface area contributed by atoms with Gasteiger partial charge in [0, 0.05) is 6.04 Å². The number of hydrogen-bond donors (Lipinski definition) is 1. The highest BCUT2D eigenvalue weighted by atomic mass is 28.4. The molecule has 1 aliphatic carbocycles. The Morgan fingerprint density at radius 1 is 1.33 bits per heavy atom. The number of hydrogen-bond acceptors (Lipinski definition) is 2. The molecule has 2 atom stereocenters. The van der Waals surface area contributed by atoms with Gasteiger partial charge in [0.25, 0.3) is 0 Å². The second kappa shape index (κ2) is 2.82. The van der Waals surface area contributed by atoms with Crippen LogP contribution in [-0.4, -0.2) is 20.5 Å². The van der Waals surface area contributed by atoms with Gasteiger partial charge in [0.05, 0.1) is 6.10 Å². The van der Waals surface area contributed by atoms with Crippen molar-refractivity contribution < 1.29 is 4.43 Å². The summed E-state index contributed by atoms with van der Waals surface area (Å²) in [7, 11) is -1.53. The zero-order valence-electron chi connectivity index (χ0n) is 8.85. The van der Waals surface area contributed by atoms with Gasteiger partial charge in [-0.2, -0.15) is 0 Å². The monoisotopic (exact) mass is 187 g/mol. The van der Waals surface area contributed by atoms with Crippen LogP contribution in [0.4, 0.5) is 0 Å². The molecular formula is C9H21NOSi. The second-order valence-corrected chi connectivity index (χ2v) is 10.1. The summed E-state index contributed by atoms with van der Waals surface area (Å²) in [6.07, 6.45) is 1.43. The minimum atomic E-state index is -1.53. The molecule has 2 N–H and O–H groups in total. The van der Waals surface area contributed by atoms with Crippen molar-refractivity contribution >= 4 is 8.32 Å². The summed E-state index contributed by atoms with van der Waals surface area (Å²) < 4.78 is 6.04. The lowest BCUT2D eigenvalue weighted by atomic mass is 10.2. The Labute approximate surface area is 76.6 Å². The van der Waals surface area contributed by atoms with Gasteiger partial charge < -0.3 is 10.2 Å². The molecule has 0 aromatic heterocycles. The topological polar surface area (TPSA) is 35.2 Å². The SMILES string of the molecule is CC(C)(C)[Si](C)(C)O[C@H]1C[C@H]1N. The summed E-state index contributed by atoms with van der Waals surface area (Å²) in [6, 6.07) is 0.319. The highest BCUT2D eigenvalue weighted by molar-refractivity contribution is 6.74. The highest BCUT2D eigenvalue weighted by Gasteiger charge is 2.45. The average molecular weight is 187 g/mol. The minimum absolute atomic E-state index is 0.315. The Kier molecular flexibility index (Phi) is 2.40. The van der Waals surface area contributed by atoms with Gasteiger partial charge in [-0.05, 0) is 24.6 Å². The van der Waals surface area contributed by atoms with Crippen molar-refractivity contribution in [2.24, 2.45) is 5.73 Å². The van der Waals surface area contributed by atoms with E-state index in [1.165, 1.54) is 0 Å². The molecule has 0 heterocycles. The molecule has 0 amide bonds. The maximum atomic E-state index is 6.04. The Morgan fingerprint density at radius 2 is 1.75 bits per heavy atom. The molecule has 0 saturated heterocycles. The van der Waals surface area contributed by atoms with Crippen molar-refractivity contribution in [3.05, 3.63) is 0 Å². The Morgan fingerprint density at radius 3 is 2.00 bits per heavy atom. The first-order valence-corrected chi connectivity index (χ1v) is 7.58. The van der Waals surface area contributed by atoms with Crippen molar-refractivity contribution in [2.75, 3.05) is 0 Å². The summed E-state index contributed by atoms with van der Waals surface area (Å²) in [4.78, 5) is 0. The number of rotatable bonds is 2. The Bertz CT molecular complexity index is 174. The van der Waals surface area contributed by atoms with E-state index in [-0.39, 0.29) is 0 Å². The molecular weight excluding hydrogens is 166 g/mol. The predicted octanol–water partition coefficient (Wildman–Crippen LogP) is 2.11. The first kappa shape index (κ1) is 10.2. The maximum Gasteiger partial charge on any atom is 0.192 e. The van der Waals surface area contributed by atoms with E-state index in [1.807, 2.05) is 0 Å². The third kappa shape index (κ3) is 2.09. The molecule has 0 bridgehead atoms. The quantitative estimate of drug-likeness (QED) is 0.672. The van der Waals surface area contributed by atoms with Gasteiger partial charge in [0.1, 0.15) is 0 Å². The first-order chi connectivity index (χ1) is 5.24. The normalized spacial score (nSPS) is 30.5. The molecule has 0 aromatic rings. The van der Waals surface area contributed by atoms with Gasteiger partial charge in [0.15, 0.2) is 8.32 Å². The van der Waals surface area contributed by atoms with Crippen molar-refractivity contribution in [2.45, 2.75) is 57.5 Å². The van der Waals surface area contributed by atoms with Gasteiger partial charge >= 0.3 is 0 Å². The van der Waals surface area contributed by atoms with Crippen molar-refractivity contribution in [1.29, 1.82) is 0 Å². The lowest BCUT2D eigenvalue weighted by molar-refractivity contribution is 0.268.